The van der Waals surface area contributed by atoms with Gasteiger partial charge in [-0.05, 0) is 20.3 Å². The molecule has 0 radical (unpaired) electrons. The Kier molecular flexibility index (Phi) is 4.77. The molecule has 0 amide bonds. The molecular formula is C16H20N4O. The first-order chi connectivity index (χ1) is 9.86. The highest BCUT2D eigenvalue weighted by molar-refractivity contribution is 5.88. The number of Topliss-reactive ketones (excluding diaryl/α,β-unsaturated/α-hetero) is 1. The van der Waals surface area contributed by atoms with Crippen molar-refractivity contribution in [1.82, 2.24) is 0 Å². The van der Waals surface area contributed by atoms with Gasteiger partial charge >= 0.3 is 0 Å². The van der Waals surface area contributed by atoms with Crippen molar-refractivity contribution >= 4 is 5.78 Å². The van der Waals surface area contributed by atoms with Crippen molar-refractivity contribution in [2.45, 2.75) is 46.5 Å². The summed E-state index contributed by atoms with van der Waals surface area (Å²) < 4.78 is 0. The minimum Gasteiger partial charge on any atom is -0.400 e. The van der Waals surface area contributed by atoms with Crippen LogP contribution in [0.2, 0.25) is 0 Å². The molecule has 5 nitrogen and oxygen atoms in total. The standard InChI is InChI=1S/C16H20N4O/c1-4-5-6-7-13-15(3,11(2)21)14(20)12(8-17)16(13,9-18)10-19/h13H,4-7,20H2,1-3H3. The van der Waals surface area contributed by atoms with E-state index in [-0.39, 0.29) is 17.1 Å². The van der Waals surface area contributed by atoms with Crippen molar-refractivity contribution in [1.29, 1.82) is 15.8 Å². The highest BCUT2D eigenvalue weighted by Gasteiger charge is 2.62. The Bertz CT molecular complexity index is 585. The number of ketones is 1. The lowest BCUT2D eigenvalue weighted by Crippen LogP contribution is -2.40. The summed E-state index contributed by atoms with van der Waals surface area (Å²) >= 11 is 0. The first-order valence-electron chi connectivity index (χ1n) is 7.11. The molecule has 2 N–H and O–H groups in total. The summed E-state index contributed by atoms with van der Waals surface area (Å²) in [6, 6.07) is 5.84. The summed E-state index contributed by atoms with van der Waals surface area (Å²) in [5, 5.41) is 28.4. The van der Waals surface area contributed by atoms with Gasteiger partial charge in [0.2, 0.25) is 0 Å². The molecule has 1 aliphatic carbocycles. The van der Waals surface area contributed by atoms with Gasteiger partial charge in [0, 0.05) is 11.6 Å². The predicted octanol–water partition coefficient (Wildman–Crippen LogP) is 2.56. The normalized spacial score (nSPS) is 26.8. The minimum atomic E-state index is -1.62. The van der Waals surface area contributed by atoms with Gasteiger partial charge in [-0.15, -0.1) is 0 Å². The van der Waals surface area contributed by atoms with Crippen LogP contribution in [-0.2, 0) is 4.79 Å². The predicted molar refractivity (Wildman–Crippen MR) is 76.9 cm³/mol. The fraction of sp³-hybridized carbons (Fsp3) is 0.625. The van der Waals surface area contributed by atoms with Crippen LogP contribution >= 0.6 is 0 Å². The highest BCUT2D eigenvalue weighted by Crippen LogP contribution is 2.57. The second-order valence-electron chi connectivity index (χ2n) is 5.74. The quantitative estimate of drug-likeness (QED) is 0.779. The average molecular weight is 284 g/mol. The molecule has 0 bridgehead atoms. The smallest absolute Gasteiger partial charge is 0.184 e. The maximum Gasteiger partial charge on any atom is 0.184 e. The molecule has 0 heterocycles. The molecule has 21 heavy (non-hydrogen) atoms. The number of allylic oxidation sites excluding steroid dienone is 2. The van der Waals surface area contributed by atoms with E-state index in [1.165, 1.54) is 6.92 Å². The van der Waals surface area contributed by atoms with Gasteiger partial charge in [0.1, 0.15) is 5.78 Å². The van der Waals surface area contributed by atoms with E-state index >= 15 is 0 Å². The Morgan fingerprint density at radius 2 is 1.86 bits per heavy atom. The molecule has 110 valence electrons. The van der Waals surface area contributed by atoms with E-state index in [2.05, 4.69) is 0 Å². The molecule has 1 aliphatic rings. The Hall–Kier alpha value is -2.32. The van der Waals surface area contributed by atoms with E-state index in [4.69, 9.17) is 5.73 Å². The van der Waals surface area contributed by atoms with Crippen molar-refractivity contribution in [2.24, 2.45) is 22.5 Å². The zero-order chi connectivity index (χ0) is 16.3. The third-order valence-corrected chi connectivity index (χ3v) is 4.74. The molecule has 0 aromatic rings. The number of carbonyl (C=O) groups excluding carboxylic acids is 1. The molecule has 0 aromatic carbocycles. The van der Waals surface area contributed by atoms with E-state index in [9.17, 15) is 20.6 Å². The van der Waals surface area contributed by atoms with Crippen LogP contribution in [0.15, 0.2) is 11.3 Å². The maximum absolute atomic E-state index is 12.2. The molecule has 0 aromatic heterocycles. The van der Waals surface area contributed by atoms with Crippen LogP contribution in [0.4, 0.5) is 0 Å². The van der Waals surface area contributed by atoms with Gasteiger partial charge < -0.3 is 5.73 Å². The zero-order valence-electron chi connectivity index (χ0n) is 12.7. The van der Waals surface area contributed by atoms with Gasteiger partial charge in [-0.3, -0.25) is 4.79 Å². The highest BCUT2D eigenvalue weighted by atomic mass is 16.1. The molecule has 1 rings (SSSR count). The van der Waals surface area contributed by atoms with Gasteiger partial charge in [0.15, 0.2) is 5.41 Å². The van der Waals surface area contributed by atoms with Gasteiger partial charge in [-0.1, -0.05) is 26.2 Å². The fourth-order valence-electron chi connectivity index (χ4n) is 3.25. The summed E-state index contributed by atoms with van der Waals surface area (Å²) in [6.45, 7) is 5.10. The summed E-state index contributed by atoms with van der Waals surface area (Å²) in [6.07, 6.45) is 3.25. The van der Waals surface area contributed by atoms with Crippen LogP contribution < -0.4 is 5.73 Å². The van der Waals surface area contributed by atoms with E-state index < -0.39 is 16.7 Å². The Labute approximate surface area is 125 Å². The second-order valence-corrected chi connectivity index (χ2v) is 5.74. The van der Waals surface area contributed by atoms with Crippen molar-refractivity contribution < 1.29 is 4.79 Å². The van der Waals surface area contributed by atoms with Crippen molar-refractivity contribution in [2.75, 3.05) is 0 Å². The lowest BCUT2D eigenvalue weighted by atomic mass is 9.64. The van der Waals surface area contributed by atoms with Crippen LogP contribution in [0.3, 0.4) is 0 Å². The molecule has 0 saturated heterocycles. The van der Waals surface area contributed by atoms with Crippen LogP contribution in [0.25, 0.3) is 0 Å². The largest absolute Gasteiger partial charge is 0.400 e. The summed E-state index contributed by atoms with van der Waals surface area (Å²) in [4.78, 5) is 12.2. The molecule has 0 fully saturated rings. The fourth-order valence-corrected chi connectivity index (χ4v) is 3.25. The van der Waals surface area contributed by atoms with Crippen molar-refractivity contribution in [3.63, 3.8) is 0 Å². The van der Waals surface area contributed by atoms with Crippen LogP contribution in [0.5, 0.6) is 0 Å². The number of carbonyl (C=O) groups is 1. The number of rotatable bonds is 5. The Morgan fingerprint density at radius 3 is 2.24 bits per heavy atom. The van der Waals surface area contributed by atoms with E-state index in [1.807, 2.05) is 25.1 Å². The molecule has 2 atom stereocenters. The minimum absolute atomic E-state index is 0.0494. The summed E-state index contributed by atoms with van der Waals surface area (Å²) in [7, 11) is 0. The van der Waals surface area contributed by atoms with E-state index in [1.54, 1.807) is 6.92 Å². The Morgan fingerprint density at radius 1 is 1.29 bits per heavy atom. The molecular weight excluding hydrogens is 264 g/mol. The first-order valence-corrected chi connectivity index (χ1v) is 7.11. The lowest BCUT2D eigenvalue weighted by molar-refractivity contribution is -0.126. The van der Waals surface area contributed by atoms with Crippen LogP contribution in [-0.4, -0.2) is 5.78 Å². The van der Waals surface area contributed by atoms with Crippen LogP contribution in [0, 0.1) is 50.7 Å². The number of nitriles is 3. The monoisotopic (exact) mass is 284 g/mol. The molecule has 0 aliphatic heterocycles. The van der Waals surface area contributed by atoms with Gasteiger partial charge in [-0.25, -0.2) is 0 Å². The summed E-state index contributed by atoms with van der Waals surface area (Å²) in [5.74, 6) is -0.777. The van der Waals surface area contributed by atoms with Gasteiger partial charge in [-0.2, -0.15) is 15.8 Å². The van der Waals surface area contributed by atoms with Crippen LogP contribution in [0.1, 0.15) is 46.5 Å². The summed E-state index contributed by atoms with van der Waals surface area (Å²) in [5.41, 5.74) is 3.32. The zero-order valence-corrected chi connectivity index (χ0v) is 12.7. The molecule has 2 unspecified atom stereocenters. The Balaban J connectivity index is 3.49. The number of nitrogens with zero attached hydrogens (tertiary/aromatic N) is 3. The third-order valence-electron chi connectivity index (χ3n) is 4.74. The number of hydrogen-bond acceptors (Lipinski definition) is 5. The average Bonchev–Trinajstić information content (AvgIpc) is 2.66. The van der Waals surface area contributed by atoms with Crippen molar-refractivity contribution in [3.05, 3.63) is 11.3 Å². The maximum atomic E-state index is 12.2. The topological polar surface area (TPSA) is 114 Å². The molecule has 0 spiro atoms. The third kappa shape index (κ3) is 2.18. The number of hydrogen-bond donors (Lipinski definition) is 1. The number of unbranched alkanes of at least 4 members (excludes halogenated alkanes) is 2. The van der Waals surface area contributed by atoms with E-state index in [0.29, 0.717) is 6.42 Å². The van der Waals surface area contributed by atoms with E-state index in [0.717, 1.165) is 19.3 Å². The van der Waals surface area contributed by atoms with Gasteiger partial charge in [0.25, 0.3) is 0 Å². The molecule has 0 saturated carbocycles. The first kappa shape index (κ1) is 16.7. The molecule has 5 heteroatoms. The number of nitrogens with two attached hydrogens (primary N) is 1. The van der Waals surface area contributed by atoms with Gasteiger partial charge in [0.05, 0.1) is 29.2 Å². The lowest BCUT2D eigenvalue weighted by Gasteiger charge is -2.34. The van der Waals surface area contributed by atoms with Crippen molar-refractivity contribution in [3.8, 4) is 18.2 Å². The SMILES string of the molecule is CCCCCC1C(C#N)(C#N)C(C#N)=C(N)C1(C)C(C)=O. The second kappa shape index (κ2) is 5.98.